The minimum absolute atomic E-state index is 0.0628. The molecule has 6 rings (SSSR count). The molecule has 2 atom stereocenters. The van der Waals surface area contributed by atoms with Gasteiger partial charge in [-0.1, -0.05) is 12.1 Å². The number of aromatic nitrogens is 3. The summed E-state index contributed by atoms with van der Waals surface area (Å²) in [6.07, 6.45) is 6.30. The van der Waals surface area contributed by atoms with E-state index in [0.717, 1.165) is 67.7 Å². The van der Waals surface area contributed by atoms with E-state index in [4.69, 9.17) is 5.10 Å². The molecule has 3 aliphatic rings. The molecule has 1 N–H and O–H groups in total. The molecule has 1 aromatic carbocycles. The number of rotatable bonds is 7. The Morgan fingerprint density at radius 3 is 2.68 bits per heavy atom. The fourth-order valence-corrected chi connectivity index (χ4v) is 5.23. The van der Waals surface area contributed by atoms with E-state index < -0.39 is 6.17 Å². The van der Waals surface area contributed by atoms with Gasteiger partial charge in [0.05, 0.1) is 11.9 Å². The molecule has 0 spiro atoms. The highest BCUT2D eigenvalue weighted by Crippen LogP contribution is 2.29. The van der Waals surface area contributed by atoms with Gasteiger partial charge in [-0.15, -0.1) is 5.10 Å². The average molecular weight is 463 g/mol. The first-order valence-electron chi connectivity index (χ1n) is 12.5. The van der Waals surface area contributed by atoms with Crippen LogP contribution in [0.15, 0.2) is 42.6 Å². The zero-order chi connectivity index (χ0) is 23.1. The van der Waals surface area contributed by atoms with E-state index in [1.54, 1.807) is 0 Å². The molecular weight excluding hydrogens is 431 g/mol. The lowest BCUT2D eigenvalue weighted by Crippen LogP contribution is -2.42. The van der Waals surface area contributed by atoms with Gasteiger partial charge in [-0.25, -0.2) is 13.9 Å². The van der Waals surface area contributed by atoms with Crippen LogP contribution in [-0.4, -0.2) is 75.2 Å². The first-order valence-corrected chi connectivity index (χ1v) is 12.5. The second-order valence-corrected chi connectivity index (χ2v) is 9.97. The SMILES string of the molecule is O=C(c1ccc(-c2cnc3ccc(NCC4CC4)nn23)cc1)N1CCCC1CN1CCC(F)C1. The Morgan fingerprint density at radius 2 is 1.91 bits per heavy atom. The number of hydrogen-bond acceptors (Lipinski definition) is 5. The third-order valence-electron chi connectivity index (χ3n) is 7.38. The lowest BCUT2D eigenvalue weighted by Gasteiger charge is -2.28. The predicted octanol–water partition coefficient (Wildman–Crippen LogP) is 3.87. The van der Waals surface area contributed by atoms with Crippen LogP contribution in [0.1, 0.15) is 42.5 Å². The van der Waals surface area contributed by atoms with Crippen molar-refractivity contribution >= 4 is 17.4 Å². The van der Waals surface area contributed by atoms with Crippen LogP contribution in [0.25, 0.3) is 16.9 Å². The Bertz CT molecular complexity index is 1170. The molecule has 3 fully saturated rings. The summed E-state index contributed by atoms with van der Waals surface area (Å²) in [6, 6.07) is 11.9. The normalized spacial score (nSPS) is 23.1. The number of nitrogens with zero attached hydrogens (tertiary/aromatic N) is 5. The molecule has 3 aromatic rings. The summed E-state index contributed by atoms with van der Waals surface area (Å²) in [5, 5.41) is 8.15. The highest BCUT2D eigenvalue weighted by Gasteiger charge is 2.33. The Kier molecular flexibility index (Phi) is 5.69. The minimum Gasteiger partial charge on any atom is -0.368 e. The molecule has 8 heteroatoms. The summed E-state index contributed by atoms with van der Waals surface area (Å²) in [6.45, 7) is 3.79. The van der Waals surface area contributed by atoms with E-state index in [9.17, 15) is 9.18 Å². The van der Waals surface area contributed by atoms with Gasteiger partial charge in [0, 0.05) is 49.9 Å². The van der Waals surface area contributed by atoms with Crippen molar-refractivity contribution in [1.82, 2.24) is 24.4 Å². The maximum Gasteiger partial charge on any atom is 0.254 e. The van der Waals surface area contributed by atoms with Gasteiger partial charge in [0.15, 0.2) is 5.65 Å². The molecule has 1 saturated carbocycles. The highest BCUT2D eigenvalue weighted by molar-refractivity contribution is 5.95. The van der Waals surface area contributed by atoms with Gasteiger partial charge in [-0.05, 0) is 62.3 Å². The van der Waals surface area contributed by atoms with Crippen molar-refractivity contribution in [3.63, 3.8) is 0 Å². The van der Waals surface area contributed by atoms with Crippen LogP contribution in [0.5, 0.6) is 0 Å². The van der Waals surface area contributed by atoms with E-state index in [1.165, 1.54) is 12.8 Å². The van der Waals surface area contributed by atoms with Crippen LogP contribution in [0.4, 0.5) is 10.2 Å². The largest absolute Gasteiger partial charge is 0.368 e. The van der Waals surface area contributed by atoms with Crippen LogP contribution in [0.2, 0.25) is 0 Å². The summed E-state index contributed by atoms with van der Waals surface area (Å²) < 4.78 is 15.4. The van der Waals surface area contributed by atoms with Crippen LogP contribution in [-0.2, 0) is 0 Å². The van der Waals surface area contributed by atoms with Gasteiger partial charge in [0.1, 0.15) is 12.0 Å². The number of fused-ring (bicyclic) bond motifs is 1. The lowest BCUT2D eigenvalue weighted by molar-refractivity contribution is 0.0707. The fraction of sp³-hybridized carbons (Fsp3) is 0.500. The molecule has 1 amide bonds. The second kappa shape index (κ2) is 8.98. The third kappa shape index (κ3) is 4.39. The molecule has 2 aliphatic heterocycles. The average Bonchev–Trinajstić information content (AvgIpc) is 3.21. The van der Waals surface area contributed by atoms with E-state index in [1.807, 2.05) is 52.0 Å². The minimum atomic E-state index is -0.725. The van der Waals surface area contributed by atoms with Crippen molar-refractivity contribution in [1.29, 1.82) is 0 Å². The molecule has 0 radical (unpaired) electrons. The number of nitrogens with one attached hydrogen (secondary N) is 1. The van der Waals surface area contributed by atoms with Gasteiger partial charge in [-0.3, -0.25) is 9.69 Å². The number of carbonyl (C=O) groups excluding carboxylic acids is 1. The van der Waals surface area contributed by atoms with Crippen LogP contribution in [0, 0.1) is 5.92 Å². The van der Waals surface area contributed by atoms with Crippen molar-refractivity contribution in [2.45, 2.75) is 44.3 Å². The molecule has 1 aliphatic carbocycles. The van der Waals surface area contributed by atoms with E-state index in [-0.39, 0.29) is 11.9 Å². The molecule has 7 nitrogen and oxygen atoms in total. The first-order chi connectivity index (χ1) is 16.6. The van der Waals surface area contributed by atoms with Gasteiger partial charge >= 0.3 is 0 Å². The number of hydrogen-bond donors (Lipinski definition) is 1. The summed E-state index contributed by atoms with van der Waals surface area (Å²) in [7, 11) is 0. The maximum atomic E-state index is 13.6. The lowest BCUT2D eigenvalue weighted by atomic mass is 10.1. The number of carbonyl (C=O) groups is 1. The van der Waals surface area contributed by atoms with Crippen molar-refractivity contribution in [3.8, 4) is 11.3 Å². The van der Waals surface area contributed by atoms with Crippen LogP contribution >= 0.6 is 0 Å². The van der Waals surface area contributed by atoms with Crippen molar-refractivity contribution in [2.75, 3.05) is 38.0 Å². The number of alkyl halides is 1. The summed E-state index contributed by atoms with van der Waals surface area (Å²) in [4.78, 5) is 21.9. The van der Waals surface area contributed by atoms with E-state index in [0.29, 0.717) is 18.5 Å². The van der Waals surface area contributed by atoms with Crippen molar-refractivity contribution in [3.05, 3.63) is 48.2 Å². The Morgan fingerprint density at radius 1 is 1.06 bits per heavy atom. The zero-order valence-corrected chi connectivity index (χ0v) is 19.4. The Hall–Kier alpha value is -3.00. The van der Waals surface area contributed by atoms with Crippen molar-refractivity contribution in [2.24, 2.45) is 5.92 Å². The summed E-state index contributed by atoms with van der Waals surface area (Å²) in [5.74, 6) is 1.69. The van der Waals surface area contributed by atoms with Gasteiger partial charge in [0.2, 0.25) is 0 Å². The molecular formula is C26H31FN6O. The number of imidazole rings is 1. The van der Waals surface area contributed by atoms with Gasteiger partial charge < -0.3 is 10.2 Å². The highest BCUT2D eigenvalue weighted by atomic mass is 19.1. The topological polar surface area (TPSA) is 65.8 Å². The Balaban J connectivity index is 1.17. The Labute approximate surface area is 199 Å². The van der Waals surface area contributed by atoms with E-state index >= 15 is 0 Å². The molecule has 2 saturated heterocycles. The quantitative estimate of drug-likeness (QED) is 0.578. The van der Waals surface area contributed by atoms with E-state index in [2.05, 4.69) is 15.2 Å². The fourth-order valence-electron chi connectivity index (χ4n) is 5.23. The van der Waals surface area contributed by atoms with Crippen LogP contribution in [0.3, 0.4) is 0 Å². The number of anilines is 1. The maximum absolute atomic E-state index is 13.6. The molecule has 34 heavy (non-hydrogen) atoms. The standard InChI is InChI=1S/C26H31FN6O/c27-21-11-13-31(16-21)17-22-2-1-12-32(22)26(34)20-7-5-19(6-8-20)23-15-29-25-10-9-24(30-33(23)25)28-14-18-3-4-18/h5-10,15,18,21-22H,1-4,11-14,16-17H2,(H,28,30). The van der Waals surface area contributed by atoms with Gasteiger partial charge in [0.25, 0.3) is 5.91 Å². The number of amides is 1. The smallest absolute Gasteiger partial charge is 0.254 e. The molecule has 2 aromatic heterocycles. The number of benzene rings is 1. The van der Waals surface area contributed by atoms with Crippen LogP contribution < -0.4 is 5.32 Å². The number of halogens is 1. The molecule has 4 heterocycles. The molecule has 0 bridgehead atoms. The summed E-state index contributed by atoms with van der Waals surface area (Å²) >= 11 is 0. The predicted molar refractivity (Wildman–Crippen MR) is 130 cm³/mol. The number of likely N-dealkylation sites (tertiary alicyclic amines) is 2. The summed E-state index contributed by atoms with van der Waals surface area (Å²) in [5.41, 5.74) is 3.36. The van der Waals surface area contributed by atoms with Gasteiger partial charge in [-0.2, -0.15) is 0 Å². The third-order valence-corrected chi connectivity index (χ3v) is 7.38. The first kappa shape index (κ1) is 21.5. The molecule has 2 unspecified atom stereocenters. The monoisotopic (exact) mass is 462 g/mol. The zero-order valence-electron chi connectivity index (χ0n) is 19.4. The second-order valence-electron chi connectivity index (χ2n) is 9.97. The molecule has 178 valence electrons. The van der Waals surface area contributed by atoms with Crippen molar-refractivity contribution < 1.29 is 9.18 Å².